The largest absolute Gasteiger partial charge is 0.463 e. The summed E-state index contributed by atoms with van der Waals surface area (Å²) < 4.78 is 5.43. The maximum Gasteiger partial charge on any atom is 0.306 e. The molecule has 0 aromatic heterocycles. The fourth-order valence-electron chi connectivity index (χ4n) is 2.50. The number of nitrogens with two attached hydrogens (primary N) is 1. The zero-order valence-electron chi connectivity index (χ0n) is 13.7. The van der Waals surface area contributed by atoms with Gasteiger partial charge in [-0.25, -0.2) is 0 Å². The van der Waals surface area contributed by atoms with Crippen LogP contribution in [-0.4, -0.2) is 18.6 Å². The Bertz CT molecular complexity index is 256. The van der Waals surface area contributed by atoms with Gasteiger partial charge in [-0.05, 0) is 50.0 Å². The lowest BCUT2D eigenvalue weighted by Gasteiger charge is -2.30. The first-order valence-electron chi connectivity index (χ1n) is 7.56. The normalized spacial score (nSPS) is 15.4. The van der Waals surface area contributed by atoms with Crippen molar-refractivity contribution in [2.75, 3.05) is 6.54 Å². The summed E-state index contributed by atoms with van der Waals surface area (Å²) in [5.74, 6) is 0.965. The number of hydrogen-bond acceptors (Lipinski definition) is 3. The van der Waals surface area contributed by atoms with Crippen LogP contribution in [-0.2, 0) is 9.53 Å². The summed E-state index contributed by atoms with van der Waals surface area (Å²) in [6.45, 7) is 13.6. The topological polar surface area (TPSA) is 52.3 Å². The Morgan fingerprint density at radius 3 is 2.16 bits per heavy atom. The van der Waals surface area contributed by atoms with E-state index in [1.165, 1.54) is 0 Å². The Morgan fingerprint density at radius 2 is 1.74 bits per heavy atom. The van der Waals surface area contributed by atoms with Crippen LogP contribution in [0.2, 0.25) is 0 Å². The first-order chi connectivity index (χ1) is 8.66. The van der Waals surface area contributed by atoms with Crippen molar-refractivity contribution in [3.05, 3.63) is 0 Å². The minimum absolute atomic E-state index is 0.0232. The van der Waals surface area contributed by atoms with E-state index in [1.807, 2.05) is 6.92 Å². The van der Waals surface area contributed by atoms with Crippen LogP contribution in [0.5, 0.6) is 0 Å². The third kappa shape index (κ3) is 9.04. The zero-order chi connectivity index (χ0) is 15.1. The van der Waals surface area contributed by atoms with Crippen LogP contribution in [0.1, 0.15) is 67.2 Å². The van der Waals surface area contributed by atoms with Crippen LogP contribution in [0.25, 0.3) is 0 Å². The first kappa shape index (κ1) is 18.4. The molecule has 0 saturated heterocycles. The lowest BCUT2D eigenvalue weighted by molar-refractivity contribution is -0.149. The summed E-state index contributed by atoms with van der Waals surface area (Å²) in [7, 11) is 0. The van der Waals surface area contributed by atoms with Gasteiger partial charge in [-0.1, -0.05) is 34.6 Å². The highest BCUT2D eigenvalue weighted by molar-refractivity contribution is 5.69. The van der Waals surface area contributed by atoms with Crippen LogP contribution >= 0.6 is 0 Å². The van der Waals surface area contributed by atoms with E-state index >= 15 is 0 Å². The number of esters is 1. The monoisotopic (exact) mass is 271 g/mol. The third-order valence-corrected chi connectivity index (χ3v) is 3.57. The SMILES string of the molecule is CC(C)CC(C)OC(=O)CCC(CCN)C(C)(C)C. The molecule has 0 fully saturated rings. The number of carbonyl (C=O) groups is 1. The van der Waals surface area contributed by atoms with Gasteiger partial charge in [0.1, 0.15) is 0 Å². The molecule has 114 valence electrons. The molecular formula is C16H33NO2. The van der Waals surface area contributed by atoms with E-state index in [-0.39, 0.29) is 17.5 Å². The minimum Gasteiger partial charge on any atom is -0.463 e. The highest BCUT2D eigenvalue weighted by Gasteiger charge is 2.24. The molecule has 0 heterocycles. The number of ether oxygens (including phenoxy) is 1. The van der Waals surface area contributed by atoms with Gasteiger partial charge >= 0.3 is 5.97 Å². The average Bonchev–Trinajstić information content (AvgIpc) is 2.20. The Hall–Kier alpha value is -0.570. The summed E-state index contributed by atoms with van der Waals surface area (Å²) in [6.07, 6.45) is 3.29. The second-order valence-corrected chi connectivity index (χ2v) is 7.11. The molecule has 2 unspecified atom stereocenters. The van der Waals surface area contributed by atoms with Gasteiger partial charge in [-0.15, -0.1) is 0 Å². The van der Waals surface area contributed by atoms with Crippen molar-refractivity contribution in [1.29, 1.82) is 0 Å². The predicted octanol–water partition coefficient (Wildman–Crippen LogP) is 3.76. The Morgan fingerprint density at radius 1 is 1.16 bits per heavy atom. The van der Waals surface area contributed by atoms with Crippen molar-refractivity contribution in [1.82, 2.24) is 0 Å². The molecule has 0 amide bonds. The molecule has 0 spiro atoms. The van der Waals surface area contributed by atoms with Gasteiger partial charge < -0.3 is 10.5 Å². The van der Waals surface area contributed by atoms with Gasteiger partial charge in [-0.3, -0.25) is 4.79 Å². The van der Waals surface area contributed by atoms with E-state index < -0.39 is 0 Å². The van der Waals surface area contributed by atoms with Gasteiger partial charge in [0.25, 0.3) is 0 Å². The van der Waals surface area contributed by atoms with Crippen LogP contribution in [0, 0.1) is 17.3 Å². The van der Waals surface area contributed by atoms with Gasteiger partial charge in [-0.2, -0.15) is 0 Å². The smallest absolute Gasteiger partial charge is 0.306 e. The minimum atomic E-state index is -0.0700. The second-order valence-electron chi connectivity index (χ2n) is 7.11. The Labute approximate surface area is 119 Å². The molecule has 0 saturated carbocycles. The number of hydrogen-bond donors (Lipinski definition) is 1. The highest BCUT2D eigenvalue weighted by atomic mass is 16.5. The molecule has 0 rings (SSSR count). The van der Waals surface area contributed by atoms with Crippen LogP contribution in [0.4, 0.5) is 0 Å². The third-order valence-electron chi connectivity index (χ3n) is 3.57. The molecule has 19 heavy (non-hydrogen) atoms. The summed E-state index contributed by atoms with van der Waals surface area (Å²) >= 11 is 0. The summed E-state index contributed by atoms with van der Waals surface area (Å²) in [4.78, 5) is 11.8. The summed E-state index contributed by atoms with van der Waals surface area (Å²) in [5.41, 5.74) is 5.85. The van der Waals surface area contributed by atoms with Gasteiger partial charge in [0, 0.05) is 6.42 Å². The fraction of sp³-hybridized carbons (Fsp3) is 0.938. The van der Waals surface area contributed by atoms with Crippen LogP contribution in [0.15, 0.2) is 0 Å². The van der Waals surface area contributed by atoms with Crippen molar-refractivity contribution < 1.29 is 9.53 Å². The predicted molar refractivity (Wildman–Crippen MR) is 80.9 cm³/mol. The van der Waals surface area contributed by atoms with Gasteiger partial charge in [0.2, 0.25) is 0 Å². The second kappa shape index (κ2) is 8.57. The molecule has 0 aliphatic rings. The van der Waals surface area contributed by atoms with Crippen molar-refractivity contribution in [3.8, 4) is 0 Å². The standard InChI is InChI=1S/C16H33NO2/c1-12(2)11-13(3)19-15(18)8-7-14(9-10-17)16(4,5)6/h12-14H,7-11,17H2,1-6H3. The first-order valence-corrected chi connectivity index (χ1v) is 7.56. The highest BCUT2D eigenvalue weighted by Crippen LogP contribution is 2.32. The van der Waals surface area contributed by atoms with E-state index in [9.17, 15) is 4.79 Å². The van der Waals surface area contributed by atoms with E-state index in [4.69, 9.17) is 10.5 Å². The van der Waals surface area contributed by atoms with E-state index in [1.54, 1.807) is 0 Å². The Kier molecular flexibility index (Phi) is 8.31. The molecule has 2 N–H and O–H groups in total. The fourth-order valence-corrected chi connectivity index (χ4v) is 2.50. The molecule has 0 aromatic carbocycles. The zero-order valence-corrected chi connectivity index (χ0v) is 13.7. The molecular weight excluding hydrogens is 238 g/mol. The van der Waals surface area contributed by atoms with Crippen molar-refractivity contribution in [3.63, 3.8) is 0 Å². The number of rotatable bonds is 8. The maximum absolute atomic E-state index is 11.8. The van der Waals surface area contributed by atoms with Crippen LogP contribution < -0.4 is 5.73 Å². The van der Waals surface area contributed by atoms with E-state index in [2.05, 4.69) is 34.6 Å². The van der Waals surface area contributed by atoms with Gasteiger partial charge in [0.15, 0.2) is 0 Å². The van der Waals surface area contributed by atoms with Crippen molar-refractivity contribution in [2.24, 2.45) is 23.0 Å². The van der Waals surface area contributed by atoms with Crippen molar-refractivity contribution in [2.45, 2.75) is 73.3 Å². The molecule has 0 radical (unpaired) electrons. The molecule has 3 nitrogen and oxygen atoms in total. The molecule has 0 bridgehead atoms. The number of carbonyl (C=O) groups excluding carboxylic acids is 1. The molecule has 0 aromatic rings. The summed E-state index contributed by atoms with van der Waals surface area (Å²) in [6, 6.07) is 0. The quantitative estimate of drug-likeness (QED) is 0.684. The summed E-state index contributed by atoms with van der Waals surface area (Å²) in [5, 5.41) is 0. The van der Waals surface area contributed by atoms with Gasteiger partial charge in [0.05, 0.1) is 6.10 Å². The molecule has 0 aliphatic carbocycles. The maximum atomic E-state index is 11.8. The molecule has 0 aliphatic heterocycles. The molecule has 2 atom stereocenters. The van der Waals surface area contributed by atoms with E-state index in [0.29, 0.717) is 24.8 Å². The van der Waals surface area contributed by atoms with Crippen LogP contribution in [0.3, 0.4) is 0 Å². The lowest BCUT2D eigenvalue weighted by Crippen LogP contribution is -2.25. The lowest BCUT2D eigenvalue weighted by atomic mass is 9.76. The van der Waals surface area contributed by atoms with E-state index in [0.717, 1.165) is 19.3 Å². The molecule has 3 heteroatoms. The van der Waals surface area contributed by atoms with Crippen molar-refractivity contribution >= 4 is 5.97 Å². The Balaban J connectivity index is 4.12. The average molecular weight is 271 g/mol.